The molecule has 2 heteroatoms. The number of rotatable bonds is 21. The van der Waals surface area contributed by atoms with Gasteiger partial charge >= 0.3 is 0 Å². The van der Waals surface area contributed by atoms with Crippen LogP contribution in [0.4, 0.5) is 0 Å². The molecule has 1 nitrogen and oxygen atoms in total. The van der Waals surface area contributed by atoms with Crippen molar-refractivity contribution in [3.8, 4) is 0 Å². The van der Waals surface area contributed by atoms with Gasteiger partial charge in [0.05, 0.1) is 0 Å². The lowest BCUT2D eigenvalue weighted by Gasteiger charge is -2.03. The fourth-order valence-electron chi connectivity index (χ4n) is 3.41. The van der Waals surface area contributed by atoms with Crippen LogP contribution in [0.1, 0.15) is 135 Å². The van der Waals surface area contributed by atoms with Crippen LogP contribution in [0.5, 0.6) is 0 Å². The highest BCUT2D eigenvalue weighted by Gasteiger charge is 2.01. The predicted octanol–water partition coefficient (Wildman–Crippen LogP) is 8.62. The normalized spacial score (nSPS) is 11.1. The zero-order valence-corrected chi connectivity index (χ0v) is 17.9. The maximum absolute atomic E-state index is 11.8. The van der Waals surface area contributed by atoms with Crippen LogP contribution in [0.25, 0.3) is 0 Å². The molecule has 0 radical (unpaired) electrons. The van der Waals surface area contributed by atoms with Crippen LogP contribution in [-0.2, 0) is 4.79 Å². The van der Waals surface area contributed by atoms with Crippen molar-refractivity contribution in [3.63, 3.8) is 0 Å². The summed E-state index contributed by atoms with van der Waals surface area (Å²) in [5, 5.41) is 0. The third-order valence-electron chi connectivity index (χ3n) is 5.15. The van der Waals surface area contributed by atoms with Gasteiger partial charge in [0.1, 0.15) is 5.78 Å². The molecule has 0 saturated carbocycles. The Labute approximate surface area is 163 Å². The number of carbonyl (C=O) groups excluding carboxylic acids is 1. The Kier molecular flexibility index (Phi) is 22.0. The zero-order valence-electron chi connectivity index (χ0n) is 17.1. The lowest BCUT2D eigenvalue weighted by Crippen LogP contribution is -1.97. The van der Waals surface area contributed by atoms with Gasteiger partial charge in [-0.15, -0.1) is 11.6 Å². The van der Waals surface area contributed by atoms with Gasteiger partial charge < -0.3 is 0 Å². The van der Waals surface area contributed by atoms with Gasteiger partial charge in [0.25, 0.3) is 0 Å². The second-order valence-corrected chi connectivity index (χ2v) is 8.12. The number of ketones is 1. The summed E-state index contributed by atoms with van der Waals surface area (Å²) in [6.45, 7) is 2.28. The van der Waals surface area contributed by atoms with Gasteiger partial charge in [-0.2, -0.15) is 0 Å². The first-order chi connectivity index (χ1) is 12.3. The van der Waals surface area contributed by atoms with Crippen molar-refractivity contribution < 1.29 is 4.79 Å². The molecule has 0 atom stereocenters. The number of hydrogen-bond donors (Lipinski definition) is 0. The third kappa shape index (κ3) is 21.9. The number of hydrogen-bond acceptors (Lipinski definition) is 1. The largest absolute Gasteiger partial charge is 0.300 e. The smallest absolute Gasteiger partial charge is 0.132 e. The highest BCUT2D eigenvalue weighted by atomic mass is 35.5. The molecule has 0 aliphatic carbocycles. The number of carbonyl (C=O) groups is 1. The van der Waals surface area contributed by atoms with Crippen molar-refractivity contribution in [3.05, 3.63) is 0 Å². The quantitative estimate of drug-likeness (QED) is 0.145. The van der Waals surface area contributed by atoms with Gasteiger partial charge in [-0.3, -0.25) is 4.79 Å². The molecule has 0 aromatic rings. The molecule has 0 heterocycles. The fraction of sp³-hybridized carbons (Fsp3) is 0.957. The summed E-state index contributed by atoms with van der Waals surface area (Å²) in [5.41, 5.74) is 0. The molecule has 0 unspecified atom stereocenters. The Morgan fingerprint density at radius 1 is 0.520 bits per heavy atom. The molecule has 0 fully saturated rings. The molecular weight excluding hydrogens is 328 g/mol. The van der Waals surface area contributed by atoms with E-state index in [1.807, 2.05) is 0 Å². The van der Waals surface area contributed by atoms with E-state index in [0.29, 0.717) is 5.78 Å². The van der Waals surface area contributed by atoms with E-state index in [1.165, 1.54) is 89.9 Å². The number of halogens is 1. The summed E-state index contributed by atoms with van der Waals surface area (Å²) in [4.78, 5) is 11.8. The summed E-state index contributed by atoms with van der Waals surface area (Å²) in [6, 6.07) is 0. The van der Waals surface area contributed by atoms with Crippen molar-refractivity contribution in [1.29, 1.82) is 0 Å². The Morgan fingerprint density at radius 3 is 1.20 bits per heavy atom. The second kappa shape index (κ2) is 22.0. The lowest BCUT2D eigenvalue weighted by molar-refractivity contribution is -0.119. The molecule has 0 aliphatic heterocycles. The molecular formula is C23H45ClO. The lowest BCUT2D eigenvalue weighted by atomic mass is 10.0. The molecule has 150 valence electrons. The van der Waals surface area contributed by atoms with Crippen molar-refractivity contribution in [2.24, 2.45) is 0 Å². The maximum atomic E-state index is 11.8. The van der Waals surface area contributed by atoms with Gasteiger partial charge in [0, 0.05) is 18.7 Å². The minimum absolute atomic E-state index is 0.477. The number of unbranched alkanes of at least 4 members (excludes halogenated alkanes) is 16. The van der Waals surface area contributed by atoms with Crippen LogP contribution in [0, 0.1) is 0 Å². The summed E-state index contributed by atoms with van der Waals surface area (Å²) < 4.78 is 0. The molecule has 0 spiro atoms. The first kappa shape index (κ1) is 25.0. The van der Waals surface area contributed by atoms with E-state index in [2.05, 4.69) is 6.92 Å². The molecule has 0 rings (SSSR count). The van der Waals surface area contributed by atoms with Crippen LogP contribution >= 0.6 is 11.6 Å². The molecule has 0 bridgehead atoms. The standard InChI is InChI=1S/C23H45ClO/c1-2-3-4-5-6-7-8-9-10-11-12-13-14-17-20-23(25)21-18-15-16-19-22-24/h2-22H2,1H3. The Morgan fingerprint density at radius 2 is 0.840 bits per heavy atom. The van der Waals surface area contributed by atoms with Gasteiger partial charge in [0.15, 0.2) is 0 Å². The molecule has 25 heavy (non-hydrogen) atoms. The molecule has 0 aliphatic rings. The van der Waals surface area contributed by atoms with Gasteiger partial charge in [-0.05, 0) is 19.3 Å². The van der Waals surface area contributed by atoms with E-state index in [9.17, 15) is 4.79 Å². The van der Waals surface area contributed by atoms with Crippen molar-refractivity contribution in [2.75, 3.05) is 5.88 Å². The average molecular weight is 373 g/mol. The molecule has 0 aromatic heterocycles. The average Bonchev–Trinajstić information content (AvgIpc) is 2.62. The third-order valence-corrected chi connectivity index (χ3v) is 5.42. The minimum atomic E-state index is 0.477. The molecule has 0 aromatic carbocycles. The van der Waals surface area contributed by atoms with E-state index >= 15 is 0 Å². The van der Waals surface area contributed by atoms with Gasteiger partial charge in [-0.25, -0.2) is 0 Å². The first-order valence-electron chi connectivity index (χ1n) is 11.4. The van der Waals surface area contributed by atoms with E-state index in [0.717, 1.165) is 44.4 Å². The van der Waals surface area contributed by atoms with E-state index in [-0.39, 0.29) is 0 Å². The van der Waals surface area contributed by atoms with Gasteiger partial charge in [0.2, 0.25) is 0 Å². The van der Waals surface area contributed by atoms with Crippen molar-refractivity contribution in [1.82, 2.24) is 0 Å². The summed E-state index contributed by atoms with van der Waals surface area (Å²) in [5.74, 6) is 1.23. The molecule has 0 amide bonds. The van der Waals surface area contributed by atoms with E-state index < -0.39 is 0 Å². The van der Waals surface area contributed by atoms with Gasteiger partial charge in [-0.1, -0.05) is 103 Å². The maximum Gasteiger partial charge on any atom is 0.132 e. The van der Waals surface area contributed by atoms with Crippen molar-refractivity contribution >= 4 is 17.4 Å². The Bertz CT molecular complexity index is 265. The monoisotopic (exact) mass is 372 g/mol. The minimum Gasteiger partial charge on any atom is -0.300 e. The van der Waals surface area contributed by atoms with Crippen molar-refractivity contribution in [2.45, 2.75) is 135 Å². The topological polar surface area (TPSA) is 17.1 Å². The SMILES string of the molecule is CCCCCCCCCCCCCCCCC(=O)CCCCCCCl. The Balaban J connectivity index is 3.09. The molecule has 0 N–H and O–H groups in total. The Hall–Kier alpha value is -0.0400. The highest BCUT2D eigenvalue weighted by molar-refractivity contribution is 6.17. The second-order valence-electron chi connectivity index (χ2n) is 7.74. The number of alkyl halides is 1. The predicted molar refractivity (Wildman–Crippen MR) is 114 cm³/mol. The zero-order chi connectivity index (χ0) is 18.4. The van der Waals surface area contributed by atoms with Crippen LogP contribution in [0.15, 0.2) is 0 Å². The van der Waals surface area contributed by atoms with Crippen LogP contribution in [-0.4, -0.2) is 11.7 Å². The molecule has 0 saturated heterocycles. The van der Waals surface area contributed by atoms with E-state index in [1.54, 1.807) is 0 Å². The highest BCUT2D eigenvalue weighted by Crippen LogP contribution is 2.14. The first-order valence-corrected chi connectivity index (χ1v) is 11.9. The number of Topliss-reactive ketones (excluding diaryl/α,β-unsaturated/α-hetero) is 1. The summed E-state index contributed by atoms with van der Waals surface area (Å²) >= 11 is 5.65. The van der Waals surface area contributed by atoms with Crippen LogP contribution in [0.2, 0.25) is 0 Å². The van der Waals surface area contributed by atoms with Crippen LogP contribution < -0.4 is 0 Å². The summed E-state index contributed by atoms with van der Waals surface area (Å²) in [7, 11) is 0. The van der Waals surface area contributed by atoms with E-state index in [4.69, 9.17) is 11.6 Å². The van der Waals surface area contributed by atoms with Crippen LogP contribution in [0.3, 0.4) is 0 Å². The summed E-state index contributed by atoms with van der Waals surface area (Å²) in [6.07, 6.45) is 25.3. The fourth-order valence-corrected chi connectivity index (χ4v) is 3.60.